The quantitative estimate of drug-likeness (QED) is 0.466. The zero-order valence-electron chi connectivity index (χ0n) is 14.5. The van der Waals surface area contributed by atoms with Gasteiger partial charge in [0.25, 0.3) is 5.91 Å². The normalized spacial score (nSPS) is 16.4. The number of ether oxygens (including phenoxy) is 2. The topological polar surface area (TPSA) is 81.7 Å². The highest BCUT2D eigenvalue weighted by Gasteiger charge is 2.21. The van der Waals surface area contributed by atoms with E-state index in [0.29, 0.717) is 11.3 Å². The molecule has 1 fully saturated rings. The maximum Gasteiger partial charge on any atom is 0.344 e. The summed E-state index contributed by atoms with van der Waals surface area (Å²) in [7, 11) is 0. The van der Waals surface area contributed by atoms with Crippen LogP contribution in [0.2, 0.25) is 0 Å². The van der Waals surface area contributed by atoms with Crippen LogP contribution in [0.5, 0.6) is 5.75 Å². The molecule has 1 amide bonds. The van der Waals surface area contributed by atoms with Crippen molar-refractivity contribution in [3.8, 4) is 5.75 Å². The van der Waals surface area contributed by atoms with Crippen molar-refractivity contribution in [2.75, 3.05) is 6.61 Å². The summed E-state index contributed by atoms with van der Waals surface area (Å²) in [4.78, 5) is 34.5. The first kappa shape index (κ1) is 19.0. The first-order valence-electron chi connectivity index (χ1n) is 8.76. The van der Waals surface area contributed by atoms with Crippen LogP contribution in [0, 0.1) is 0 Å². The van der Waals surface area contributed by atoms with E-state index in [2.05, 4.69) is 5.32 Å². The summed E-state index contributed by atoms with van der Waals surface area (Å²) < 4.78 is 10.4. The van der Waals surface area contributed by atoms with Gasteiger partial charge in [-0.15, -0.1) is 0 Å². The zero-order valence-corrected chi connectivity index (χ0v) is 14.5. The number of hydrogen-bond acceptors (Lipinski definition) is 5. The minimum absolute atomic E-state index is 0.170. The van der Waals surface area contributed by atoms with Crippen molar-refractivity contribution in [3.05, 3.63) is 29.8 Å². The minimum atomic E-state index is -0.850. The molecule has 0 spiro atoms. The Morgan fingerprint density at radius 2 is 1.80 bits per heavy atom. The Balaban J connectivity index is 1.72. The molecule has 1 aromatic carbocycles. The summed E-state index contributed by atoms with van der Waals surface area (Å²) in [5.74, 6) is -0.420. The molecule has 0 unspecified atom stereocenters. The van der Waals surface area contributed by atoms with Crippen LogP contribution in [0.25, 0.3) is 0 Å². The molecule has 1 aliphatic rings. The number of carbonyl (C=O) groups excluding carboxylic acids is 3. The molecule has 1 atom stereocenters. The Hall–Kier alpha value is -2.37. The van der Waals surface area contributed by atoms with E-state index < -0.39 is 12.1 Å². The van der Waals surface area contributed by atoms with Gasteiger partial charge in [0.1, 0.15) is 12.0 Å². The molecule has 0 radical (unpaired) electrons. The van der Waals surface area contributed by atoms with Crippen LogP contribution in [-0.4, -0.2) is 36.9 Å². The molecule has 1 N–H and O–H groups in total. The van der Waals surface area contributed by atoms with E-state index in [0.717, 1.165) is 32.0 Å². The van der Waals surface area contributed by atoms with Crippen LogP contribution in [-0.2, 0) is 14.3 Å². The fourth-order valence-electron chi connectivity index (χ4n) is 2.81. The second-order valence-corrected chi connectivity index (χ2v) is 6.30. The third-order valence-electron chi connectivity index (χ3n) is 4.25. The van der Waals surface area contributed by atoms with Crippen molar-refractivity contribution in [1.82, 2.24) is 5.32 Å². The lowest BCUT2D eigenvalue weighted by atomic mass is 10.1. The van der Waals surface area contributed by atoms with Crippen LogP contribution in [0.1, 0.15) is 55.8 Å². The van der Waals surface area contributed by atoms with E-state index in [1.807, 2.05) is 0 Å². The standard InChI is InChI=1S/C19H25NO5/c1-14(19(23)20-16-6-4-2-3-5-7-16)25-18(22)13-24-17-10-8-15(12-21)9-11-17/h8-12,14,16H,2-7,13H2,1H3,(H,20,23)/t14-/m0/s1. The highest BCUT2D eigenvalue weighted by molar-refractivity contribution is 5.83. The average molecular weight is 347 g/mol. The predicted molar refractivity (Wildman–Crippen MR) is 92.5 cm³/mol. The Morgan fingerprint density at radius 1 is 1.16 bits per heavy atom. The molecular weight excluding hydrogens is 322 g/mol. The zero-order chi connectivity index (χ0) is 18.1. The van der Waals surface area contributed by atoms with Gasteiger partial charge in [-0.3, -0.25) is 9.59 Å². The number of amides is 1. The molecule has 25 heavy (non-hydrogen) atoms. The smallest absolute Gasteiger partial charge is 0.344 e. The molecule has 1 aromatic rings. The van der Waals surface area contributed by atoms with Crippen molar-refractivity contribution < 1.29 is 23.9 Å². The summed E-state index contributed by atoms with van der Waals surface area (Å²) in [6, 6.07) is 6.55. The fraction of sp³-hybridized carbons (Fsp3) is 0.526. The number of carbonyl (C=O) groups is 3. The third kappa shape index (κ3) is 6.57. The molecule has 1 saturated carbocycles. The van der Waals surface area contributed by atoms with Crippen molar-refractivity contribution in [2.45, 2.75) is 57.6 Å². The molecule has 1 aliphatic carbocycles. The summed E-state index contributed by atoms with van der Waals surface area (Å²) in [6.07, 6.45) is 6.50. The number of nitrogens with one attached hydrogen (secondary N) is 1. The number of benzene rings is 1. The maximum absolute atomic E-state index is 12.1. The van der Waals surface area contributed by atoms with Gasteiger partial charge < -0.3 is 14.8 Å². The molecular formula is C19H25NO5. The van der Waals surface area contributed by atoms with Crippen molar-refractivity contribution in [3.63, 3.8) is 0 Å². The SMILES string of the molecule is C[C@H](OC(=O)COc1ccc(C=O)cc1)C(=O)NC1CCCCCC1. The Labute approximate surface area is 147 Å². The number of hydrogen-bond donors (Lipinski definition) is 1. The van der Waals surface area contributed by atoms with E-state index in [1.165, 1.54) is 12.8 Å². The second kappa shape index (κ2) is 9.81. The average Bonchev–Trinajstić information content (AvgIpc) is 2.89. The van der Waals surface area contributed by atoms with Crippen molar-refractivity contribution in [1.29, 1.82) is 0 Å². The van der Waals surface area contributed by atoms with E-state index in [4.69, 9.17) is 9.47 Å². The predicted octanol–water partition coefficient (Wildman–Crippen LogP) is 2.65. The van der Waals surface area contributed by atoms with Crippen LogP contribution in [0.15, 0.2) is 24.3 Å². The molecule has 0 saturated heterocycles. The molecule has 6 nitrogen and oxygen atoms in total. The first-order chi connectivity index (χ1) is 12.1. The van der Waals surface area contributed by atoms with Gasteiger partial charge in [-0.2, -0.15) is 0 Å². The molecule has 0 bridgehead atoms. The Kier molecular flexibility index (Phi) is 7.44. The summed E-state index contributed by atoms with van der Waals surface area (Å²) in [5.41, 5.74) is 0.527. The largest absolute Gasteiger partial charge is 0.482 e. The van der Waals surface area contributed by atoms with Crippen LogP contribution in [0.3, 0.4) is 0 Å². The summed E-state index contributed by atoms with van der Waals surface area (Å²) in [5, 5.41) is 2.96. The van der Waals surface area contributed by atoms with E-state index in [9.17, 15) is 14.4 Å². The lowest BCUT2D eigenvalue weighted by Gasteiger charge is -2.19. The molecule has 0 heterocycles. The van der Waals surface area contributed by atoms with E-state index >= 15 is 0 Å². The number of aldehydes is 1. The number of esters is 1. The van der Waals surface area contributed by atoms with Gasteiger partial charge in [-0.05, 0) is 44.0 Å². The van der Waals surface area contributed by atoms with Gasteiger partial charge in [0, 0.05) is 11.6 Å². The van der Waals surface area contributed by atoms with E-state index in [1.54, 1.807) is 31.2 Å². The molecule has 136 valence electrons. The van der Waals surface area contributed by atoms with E-state index in [-0.39, 0.29) is 18.6 Å². The first-order valence-corrected chi connectivity index (χ1v) is 8.76. The van der Waals surface area contributed by atoms with Gasteiger partial charge >= 0.3 is 5.97 Å². The third-order valence-corrected chi connectivity index (χ3v) is 4.25. The van der Waals surface area contributed by atoms with Crippen LogP contribution in [0.4, 0.5) is 0 Å². The summed E-state index contributed by atoms with van der Waals surface area (Å²) in [6.45, 7) is 1.27. The molecule has 6 heteroatoms. The maximum atomic E-state index is 12.1. The highest BCUT2D eigenvalue weighted by atomic mass is 16.6. The van der Waals surface area contributed by atoms with Gasteiger partial charge in [0.05, 0.1) is 0 Å². The Bertz CT molecular complexity index is 576. The fourth-order valence-corrected chi connectivity index (χ4v) is 2.81. The lowest BCUT2D eigenvalue weighted by molar-refractivity contribution is -0.156. The lowest BCUT2D eigenvalue weighted by Crippen LogP contribution is -2.42. The van der Waals surface area contributed by atoms with Gasteiger partial charge in [-0.25, -0.2) is 4.79 Å². The molecule has 0 aromatic heterocycles. The van der Waals surface area contributed by atoms with Crippen LogP contribution < -0.4 is 10.1 Å². The summed E-state index contributed by atoms with van der Waals surface area (Å²) >= 11 is 0. The van der Waals surface area contributed by atoms with Crippen molar-refractivity contribution >= 4 is 18.2 Å². The van der Waals surface area contributed by atoms with Crippen molar-refractivity contribution in [2.24, 2.45) is 0 Å². The second-order valence-electron chi connectivity index (χ2n) is 6.30. The molecule has 2 rings (SSSR count). The Morgan fingerprint density at radius 3 is 2.40 bits per heavy atom. The molecule has 0 aliphatic heterocycles. The van der Waals surface area contributed by atoms with Crippen LogP contribution >= 0.6 is 0 Å². The van der Waals surface area contributed by atoms with Gasteiger partial charge in [-0.1, -0.05) is 25.7 Å². The minimum Gasteiger partial charge on any atom is -0.482 e. The van der Waals surface area contributed by atoms with Gasteiger partial charge in [0.15, 0.2) is 12.7 Å². The monoisotopic (exact) mass is 347 g/mol. The number of rotatable bonds is 7. The van der Waals surface area contributed by atoms with Gasteiger partial charge in [0.2, 0.25) is 0 Å². The highest BCUT2D eigenvalue weighted by Crippen LogP contribution is 2.17.